The van der Waals surface area contributed by atoms with Gasteiger partial charge < -0.3 is 15.2 Å². The van der Waals surface area contributed by atoms with Crippen molar-refractivity contribution >= 4 is 34.5 Å². The number of nitrogens with zero attached hydrogens (tertiary/aromatic N) is 3. The summed E-state index contributed by atoms with van der Waals surface area (Å²) < 4.78 is 14.6. The second-order valence-electron chi connectivity index (χ2n) is 7.51. The highest BCUT2D eigenvalue weighted by atomic mass is 35.5. The molecule has 2 N–H and O–H groups in total. The largest absolute Gasteiger partial charge is 0.336 e. The second-order valence-corrected chi connectivity index (χ2v) is 7.95. The average molecular weight is 436 g/mol. The molecular weight excluding hydrogens is 417 g/mol. The van der Waals surface area contributed by atoms with Gasteiger partial charge >= 0.3 is 6.03 Å². The number of benzene rings is 2. The lowest BCUT2D eigenvalue weighted by atomic mass is 10.1. The monoisotopic (exact) mass is 435 g/mol. The number of aromatic amines is 1. The number of imidazole rings is 1. The van der Waals surface area contributed by atoms with Crippen molar-refractivity contribution in [1.82, 2.24) is 19.9 Å². The normalized spacial score (nSPS) is 13.7. The zero-order chi connectivity index (χ0) is 21.4. The van der Waals surface area contributed by atoms with Crippen LogP contribution in [0, 0.1) is 5.82 Å². The first-order valence-corrected chi connectivity index (χ1v) is 10.4. The van der Waals surface area contributed by atoms with Crippen molar-refractivity contribution in [1.29, 1.82) is 0 Å². The maximum absolute atomic E-state index is 14.6. The van der Waals surface area contributed by atoms with Crippen molar-refractivity contribution in [3.05, 3.63) is 65.6 Å². The van der Waals surface area contributed by atoms with Gasteiger partial charge in [-0.2, -0.15) is 0 Å². The number of likely N-dealkylation sites (tertiary alicyclic amines) is 1. The molecule has 0 radical (unpaired) electrons. The molecule has 1 aliphatic heterocycles. The molecule has 6 nitrogen and oxygen atoms in total. The van der Waals surface area contributed by atoms with Crippen molar-refractivity contribution < 1.29 is 9.18 Å². The van der Waals surface area contributed by atoms with E-state index in [2.05, 4.69) is 20.3 Å². The number of aromatic nitrogens is 3. The quantitative estimate of drug-likeness (QED) is 0.432. The number of amides is 2. The summed E-state index contributed by atoms with van der Waals surface area (Å²) in [5.74, 6) is -0.0891. The number of hydrogen-bond acceptors (Lipinski definition) is 3. The molecule has 0 atom stereocenters. The number of carbonyl (C=O) groups is 1. The van der Waals surface area contributed by atoms with Crippen LogP contribution in [-0.4, -0.2) is 39.0 Å². The maximum Gasteiger partial charge on any atom is 0.321 e. The number of fused-ring (bicyclic) bond motifs is 1. The molecule has 3 heterocycles. The van der Waals surface area contributed by atoms with Crippen molar-refractivity contribution in [2.24, 2.45) is 0 Å². The Kier molecular flexibility index (Phi) is 5.03. The molecule has 1 aliphatic rings. The lowest BCUT2D eigenvalue weighted by molar-refractivity contribution is 0.222. The van der Waals surface area contributed by atoms with Crippen LogP contribution >= 0.6 is 11.6 Å². The molecule has 0 unspecified atom stereocenters. The SMILES string of the molecule is O=C(Nc1ccc(F)c(-c2nc3ncc(-c4cccc(Cl)c4)cc3[nH]2)c1)N1CCCC1. The molecule has 1 fully saturated rings. The molecule has 0 bridgehead atoms. The van der Waals surface area contributed by atoms with Gasteiger partial charge in [-0.05, 0) is 54.8 Å². The Morgan fingerprint density at radius 3 is 2.74 bits per heavy atom. The minimum Gasteiger partial charge on any atom is -0.336 e. The fraction of sp³-hybridized carbons (Fsp3) is 0.174. The molecule has 2 aromatic heterocycles. The van der Waals surface area contributed by atoms with Crippen LogP contribution in [0.3, 0.4) is 0 Å². The minimum atomic E-state index is -0.437. The number of urea groups is 1. The number of carbonyl (C=O) groups excluding carboxylic acids is 1. The smallest absolute Gasteiger partial charge is 0.321 e. The zero-order valence-electron chi connectivity index (χ0n) is 16.5. The van der Waals surface area contributed by atoms with E-state index in [1.54, 1.807) is 23.2 Å². The number of anilines is 1. The summed E-state index contributed by atoms with van der Waals surface area (Å²) in [6, 6.07) is 13.7. The van der Waals surface area contributed by atoms with Gasteiger partial charge in [-0.1, -0.05) is 23.7 Å². The summed E-state index contributed by atoms with van der Waals surface area (Å²) in [6.07, 6.45) is 3.72. The molecule has 31 heavy (non-hydrogen) atoms. The number of halogens is 2. The van der Waals surface area contributed by atoms with Crippen LogP contribution in [0.25, 0.3) is 33.7 Å². The Morgan fingerprint density at radius 2 is 1.94 bits per heavy atom. The molecule has 2 aromatic carbocycles. The molecule has 156 valence electrons. The van der Waals surface area contributed by atoms with Gasteiger partial charge in [-0.3, -0.25) is 0 Å². The van der Waals surface area contributed by atoms with Gasteiger partial charge in [-0.25, -0.2) is 19.2 Å². The van der Waals surface area contributed by atoms with Gasteiger partial charge in [-0.15, -0.1) is 0 Å². The summed E-state index contributed by atoms with van der Waals surface area (Å²) >= 11 is 6.09. The number of H-pyrrole nitrogens is 1. The Hall–Kier alpha value is -3.45. The van der Waals surface area contributed by atoms with E-state index in [1.165, 1.54) is 6.07 Å². The highest BCUT2D eigenvalue weighted by Gasteiger charge is 2.19. The van der Waals surface area contributed by atoms with E-state index in [0.717, 1.165) is 37.1 Å². The fourth-order valence-electron chi connectivity index (χ4n) is 3.76. The fourth-order valence-corrected chi connectivity index (χ4v) is 3.95. The first kappa shape index (κ1) is 19.5. The van der Waals surface area contributed by atoms with Gasteiger partial charge in [0, 0.05) is 35.6 Å². The van der Waals surface area contributed by atoms with Crippen molar-refractivity contribution in [2.75, 3.05) is 18.4 Å². The standard InChI is InChI=1S/C23H19ClFN5O/c24-16-5-3-4-14(10-16)15-11-20-22(26-13-15)29-21(28-20)18-12-17(6-7-19(18)25)27-23(31)30-8-1-2-9-30/h3-7,10-13H,1-2,8-9H2,(H,27,31)(H,26,28,29). The topological polar surface area (TPSA) is 73.9 Å². The third-order valence-corrected chi connectivity index (χ3v) is 5.60. The van der Waals surface area contributed by atoms with E-state index in [4.69, 9.17) is 11.6 Å². The van der Waals surface area contributed by atoms with Crippen LogP contribution in [0.2, 0.25) is 5.02 Å². The summed E-state index contributed by atoms with van der Waals surface area (Å²) in [6.45, 7) is 1.48. The van der Waals surface area contributed by atoms with Gasteiger partial charge in [0.1, 0.15) is 11.6 Å². The Bertz CT molecular complexity index is 1280. The van der Waals surface area contributed by atoms with Crippen molar-refractivity contribution in [2.45, 2.75) is 12.8 Å². The molecule has 5 rings (SSSR count). The van der Waals surface area contributed by atoms with Crippen LogP contribution in [-0.2, 0) is 0 Å². The summed E-state index contributed by atoms with van der Waals surface area (Å²) in [4.78, 5) is 26.1. The molecule has 0 aliphatic carbocycles. The highest BCUT2D eigenvalue weighted by Crippen LogP contribution is 2.28. The predicted molar refractivity (Wildman–Crippen MR) is 120 cm³/mol. The van der Waals surface area contributed by atoms with Gasteiger partial charge in [0.25, 0.3) is 0 Å². The lowest BCUT2D eigenvalue weighted by Crippen LogP contribution is -2.32. The number of pyridine rings is 1. The van der Waals surface area contributed by atoms with Crippen LogP contribution in [0.5, 0.6) is 0 Å². The third kappa shape index (κ3) is 3.96. The first-order chi connectivity index (χ1) is 15.1. The Labute approximate surface area is 183 Å². The molecule has 4 aromatic rings. The molecule has 2 amide bonds. The van der Waals surface area contributed by atoms with Crippen LogP contribution in [0.4, 0.5) is 14.9 Å². The van der Waals surface area contributed by atoms with E-state index in [1.807, 2.05) is 30.3 Å². The third-order valence-electron chi connectivity index (χ3n) is 5.36. The predicted octanol–water partition coefficient (Wildman–Crippen LogP) is 5.71. The molecule has 1 saturated heterocycles. The molecular formula is C23H19ClFN5O. The van der Waals surface area contributed by atoms with E-state index in [0.29, 0.717) is 27.7 Å². The van der Waals surface area contributed by atoms with Crippen LogP contribution in [0.15, 0.2) is 54.7 Å². The van der Waals surface area contributed by atoms with E-state index in [-0.39, 0.29) is 11.6 Å². The second kappa shape index (κ2) is 8.00. The van der Waals surface area contributed by atoms with Gasteiger partial charge in [0.2, 0.25) is 0 Å². The molecule has 0 spiro atoms. The minimum absolute atomic E-state index is 0.174. The van der Waals surface area contributed by atoms with Crippen molar-refractivity contribution in [3.63, 3.8) is 0 Å². The number of nitrogens with one attached hydrogen (secondary N) is 2. The first-order valence-electron chi connectivity index (χ1n) is 10.0. The Morgan fingerprint density at radius 1 is 1.10 bits per heavy atom. The van der Waals surface area contributed by atoms with E-state index < -0.39 is 5.82 Å². The van der Waals surface area contributed by atoms with Crippen molar-refractivity contribution in [3.8, 4) is 22.5 Å². The average Bonchev–Trinajstić information content (AvgIpc) is 3.44. The number of hydrogen-bond donors (Lipinski definition) is 2. The molecule has 8 heteroatoms. The highest BCUT2D eigenvalue weighted by molar-refractivity contribution is 6.30. The summed E-state index contributed by atoms with van der Waals surface area (Å²) in [5.41, 5.74) is 3.74. The maximum atomic E-state index is 14.6. The van der Waals surface area contributed by atoms with E-state index in [9.17, 15) is 9.18 Å². The Balaban J connectivity index is 1.46. The lowest BCUT2D eigenvalue weighted by Gasteiger charge is -2.16. The number of rotatable bonds is 3. The zero-order valence-corrected chi connectivity index (χ0v) is 17.3. The van der Waals surface area contributed by atoms with Crippen LogP contribution < -0.4 is 5.32 Å². The van der Waals surface area contributed by atoms with Gasteiger partial charge in [0.15, 0.2) is 5.65 Å². The van der Waals surface area contributed by atoms with Crippen LogP contribution in [0.1, 0.15) is 12.8 Å². The molecule has 0 saturated carbocycles. The van der Waals surface area contributed by atoms with E-state index >= 15 is 0 Å². The summed E-state index contributed by atoms with van der Waals surface area (Å²) in [7, 11) is 0. The van der Waals surface area contributed by atoms with Gasteiger partial charge in [0.05, 0.1) is 11.1 Å². The summed E-state index contributed by atoms with van der Waals surface area (Å²) in [5, 5.41) is 3.48.